The number of aliphatic carboxylic acids is 1. The molecule has 1 aromatic heterocycles. The first-order valence-electron chi connectivity index (χ1n) is 13.6. The van der Waals surface area contributed by atoms with Gasteiger partial charge in [0.1, 0.15) is 12.4 Å². The summed E-state index contributed by atoms with van der Waals surface area (Å²) in [6.45, 7) is 4.63. The van der Waals surface area contributed by atoms with Gasteiger partial charge in [-0.3, -0.25) is 4.79 Å². The van der Waals surface area contributed by atoms with Gasteiger partial charge >= 0.3 is 5.97 Å². The van der Waals surface area contributed by atoms with Gasteiger partial charge in [0.15, 0.2) is 11.6 Å². The Hall–Kier alpha value is -3.48. The van der Waals surface area contributed by atoms with Gasteiger partial charge in [-0.05, 0) is 71.3 Å². The molecule has 0 unspecified atom stereocenters. The zero-order chi connectivity index (χ0) is 27.7. The van der Waals surface area contributed by atoms with Crippen LogP contribution in [-0.2, 0) is 11.4 Å². The number of hydrogen-bond acceptors (Lipinski definition) is 4. The maximum absolute atomic E-state index is 15.5. The number of pyridine rings is 1. The monoisotopic (exact) mass is 535 g/mol. The zero-order valence-corrected chi connectivity index (χ0v) is 22.7. The lowest BCUT2D eigenvalue weighted by Gasteiger charge is -2.30. The van der Waals surface area contributed by atoms with Crippen LogP contribution in [0.3, 0.4) is 0 Å². The van der Waals surface area contributed by atoms with Crippen LogP contribution in [0.2, 0.25) is 0 Å². The van der Waals surface area contributed by atoms with Gasteiger partial charge in [-0.25, -0.2) is 13.8 Å². The molecule has 2 aromatic carbocycles. The average Bonchev–Trinajstić information content (AvgIpc) is 3.69. The molecule has 7 heteroatoms. The van der Waals surface area contributed by atoms with E-state index in [0.29, 0.717) is 17.0 Å². The van der Waals surface area contributed by atoms with Gasteiger partial charge in [0.2, 0.25) is 5.88 Å². The molecular formula is C32H35F2NO4. The maximum Gasteiger partial charge on any atom is 0.303 e. The fraction of sp³-hybridized carbons (Fsp3) is 0.438. The second-order valence-corrected chi connectivity index (χ2v) is 11.6. The van der Waals surface area contributed by atoms with Crippen molar-refractivity contribution in [2.75, 3.05) is 7.11 Å². The van der Waals surface area contributed by atoms with E-state index in [0.717, 1.165) is 48.8 Å². The van der Waals surface area contributed by atoms with Crippen molar-refractivity contribution in [3.8, 4) is 22.8 Å². The van der Waals surface area contributed by atoms with Crippen LogP contribution in [0.15, 0.2) is 48.7 Å². The summed E-state index contributed by atoms with van der Waals surface area (Å²) in [5.41, 5.74) is 3.58. The standard InChI is InChI=1S/C32H35F2NO4/c1-32(2)13-5-7-26(32)24-14-19(9-12-21(24)25-15-29(38-3)35-17-27(25)33)18-39-28-8-4-6-22(31(28)34)23(16-30(36)37)20-10-11-20/h4,6,8-9,12,14-15,17,20,23,26H,5,7,10-11,13,16,18H2,1-3H3,(H,36,37)/t23-,26-/m1/s1. The molecule has 0 spiro atoms. The molecule has 2 aliphatic carbocycles. The van der Waals surface area contributed by atoms with Crippen molar-refractivity contribution in [3.63, 3.8) is 0 Å². The number of aromatic nitrogens is 1. The van der Waals surface area contributed by atoms with Crippen molar-refractivity contribution < 1.29 is 28.2 Å². The first-order valence-corrected chi connectivity index (χ1v) is 13.6. The molecule has 3 aromatic rings. The molecule has 2 fully saturated rings. The number of nitrogens with zero attached hydrogens (tertiary/aromatic N) is 1. The van der Waals surface area contributed by atoms with Gasteiger partial charge in [-0.1, -0.05) is 50.6 Å². The Morgan fingerprint density at radius 1 is 1.13 bits per heavy atom. The third kappa shape index (κ3) is 5.77. The highest BCUT2D eigenvalue weighted by molar-refractivity contribution is 5.70. The number of rotatable bonds is 10. The van der Waals surface area contributed by atoms with E-state index >= 15 is 4.39 Å². The highest BCUT2D eigenvalue weighted by atomic mass is 19.1. The lowest BCUT2D eigenvalue weighted by Crippen LogP contribution is -2.17. The molecule has 0 bridgehead atoms. The van der Waals surface area contributed by atoms with E-state index in [-0.39, 0.29) is 41.9 Å². The third-order valence-electron chi connectivity index (χ3n) is 8.45. The van der Waals surface area contributed by atoms with Gasteiger partial charge in [0.25, 0.3) is 0 Å². The highest BCUT2D eigenvalue weighted by Crippen LogP contribution is 2.51. The molecule has 1 heterocycles. The average molecular weight is 536 g/mol. The van der Waals surface area contributed by atoms with E-state index in [4.69, 9.17) is 9.47 Å². The third-order valence-corrected chi connectivity index (χ3v) is 8.45. The van der Waals surface area contributed by atoms with E-state index in [1.54, 1.807) is 24.3 Å². The van der Waals surface area contributed by atoms with E-state index < -0.39 is 17.6 Å². The number of carboxylic acid groups (broad SMARTS) is 1. The highest BCUT2D eigenvalue weighted by Gasteiger charge is 2.38. The summed E-state index contributed by atoms with van der Waals surface area (Å²) in [5, 5.41) is 9.35. The van der Waals surface area contributed by atoms with Crippen molar-refractivity contribution in [2.45, 2.75) is 70.8 Å². The number of carbonyl (C=O) groups is 1. The first-order chi connectivity index (χ1) is 18.7. The normalized spacial score (nSPS) is 19.1. The summed E-state index contributed by atoms with van der Waals surface area (Å²) in [6, 6.07) is 12.4. The smallest absolute Gasteiger partial charge is 0.303 e. The molecule has 2 saturated carbocycles. The molecule has 206 valence electrons. The Labute approximate surface area is 228 Å². The number of halogens is 2. The van der Waals surface area contributed by atoms with Crippen LogP contribution in [0.25, 0.3) is 11.1 Å². The predicted molar refractivity (Wildman–Crippen MR) is 145 cm³/mol. The first kappa shape index (κ1) is 27.1. The summed E-state index contributed by atoms with van der Waals surface area (Å²) in [7, 11) is 1.51. The summed E-state index contributed by atoms with van der Waals surface area (Å²) in [4.78, 5) is 15.4. The number of hydrogen-bond donors (Lipinski definition) is 1. The van der Waals surface area contributed by atoms with E-state index in [1.807, 2.05) is 12.1 Å². The minimum atomic E-state index is -0.927. The zero-order valence-electron chi connectivity index (χ0n) is 22.7. The molecular weight excluding hydrogens is 500 g/mol. The lowest BCUT2D eigenvalue weighted by molar-refractivity contribution is -0.137. The van der Waals surface area contributed by atoms with E-state index in [9.17, 15) is 14.3 Å². The Bertz CT molecular complexity index is 1370. The van der Waals surface area contributed by atoms with Crippen molar-refractivity contribution in [1.82, 2.24) is 4.98 Å². The second-order valence-electron chi connectivity index (χ2n) is 11.6. The Morgan fingerprint density at radius 3 is 2.59 bits per heavy atom. The lowest BCUT2D eigenvalue weighted by atomic mass is 9.75. The van der Waals surface area contributed by atoms with Gasteiger partial charge in [-0.15, -0.1) is 0 Å². The van der Waals surface area contributed by atoms with Gasteiger partial charge < -0.3 is 14.6 Å². The van der Waals surface area contributed by atoms with Crippen LogP contribution in [0.4, 0.5) is 8.78 Å². The number of methoxy groups -OCH3 is 1. The Kier molecular flexibility index (Phi) is 7.61. The van der Waals surface area contributed by atoms with Crippen molar-refractivity contribution in [2.24, 2.45) is 11.3 Å². The summed E-state index contributed by atoms with van der Waals surface area (Å²) in [5.74, 6) is -1.31. The fourth-order valence-electron chi connectivity index (χ4n) is 6.18. The SMILES string of the molecule is COc1cc(-c2ccc(COc3cccc([C@H](CC(=O)O)C4CC4)c3F)cc2[C@H]2CCCC2(C)C)c(F)cn1. The molecule has 0 radical (unpaired) electrons. The molecule has 2 atom stereocenters. The quantitative estimate of drug-likeness (QED) is 0.286. The van der Waals surface area contributed by atoms with Crippen LogP contribution in [0.1, 0.15) is 80.9 Å². The second kappa shape index (κ2) is 10.9. The topological polar surface area (TPSA) is 68.7 Å². The number of benzene rings is 2. The summed E-state index contributed by atoms with van der Waals surface area (Å²) >= 11 is 0. The summed E-state index contributed by atoms with van der Waals surface area (Å²) in [6.07, 6.45) is 6.09. The molecule has 5 nitrogen and oxygen atoms in total. The maximum atomic E-state index is 15.5. The van der Waals surface area contributed by atoms with Gasteiger partial charge in [0, 0.05) is 17.5 Å². The van der Waals surface area contributed by atoms with Crippen molar-refractivity contribution in [3.05, 3.63) is 77.0 Å². The number of carboxylic acids is 1. The Balaban J connectivity index is 1.46. The Morgan fingerprint density at radius 2 is 1.92 bits per heavy atom. The molecule has 0 aliphatic heterocycles. The van der Waals surface area contributed by atoms with E-state index in [1.165, 1.54) is 13.3 Å². The van der Waals surface area contributed by atoms with Crippen LogP contribution >= 0.6 is 0 Å². The van der Waals surface area contributed by atoms with E-state index in [2.05, 4.69) is 24.9 Å². The van der Waals surface area contributed by atoms with Crippen LogP contribution in [0, 0.1) is 23.0 Å². The molecule has 1 N–H and O–H groups in total. The largest absolute Gasteiger partial charge is 0.486 e. The minimum Gasteiger partial charge on any atom is -0.486 e. The summed E-state index contributed by atoms with van der Waals surface area (Å²) < 4.78 is 41.7. The fourth-order valence-corrected chi connectivity index (χ4v) is 6.18. The molecule has 5 rings (SSSR count). The van der Waals surface area contributed by atoms with Crippen LogP contribution < -0.4 is 9.47 Å². The van der Waals surface area contributed by atoms with Gasteiger partial charge in [-0.2, -0.15) is 0 Å². The molecule has 0 amide bonds. The molecule has 2 aliphatic rings. The van der Waals surface area contributed by atoms with Crippen LogP contribution in [-0.4, -0.2) is 23.2 Å². The predicted octanol–water partition coefficient (Wildman–Crippen LogP) is 7.88. The minimum absolute atomic E-state index is 0.0459. The molecule has 39 heavy (non-hydrogen) atoms. The van der Waals surface area contributed by atoms with Gasteiger partial charge in [0.05, 0.1) is 19.7 Å². The van der Waals surface area contributed by atoms with Crippen LogP contribution in [0.5, 0.6) is 11.6 Å². The van der Waals surface area contributed by atoms with Crippen molar-refractivity contribution in [1.29, 1.82) is 0 Å². The number of ether oxygens (including phenoxy) is 2. The molecule has 0 saturated heterocycles. The van der Waals surface area contributed by atoms with Crippen molar-refractivity contribution >= 4 is 5.97 Å².